The van der Waals surface area contributed by atoms with Crippen molar-refractivity contribution in [3.8, 4) is 10.9 Å². The van der Waals surface area contributed by atoms with Gasteiger partial charge in [0.1, 0.15) is 5.75 Å². The molecular weight excluding hydrogens is 230 g/mol. The molecule has 0 N–H and O–H groups in total. The third kappa shape index (κ3) is 2.15. The highest BCUT2D eigenvalue weighted by Crippen LogP contribution is 2.30. The van der Waals surface area contributed by atoms with Gasteiger partial charge in [0.25, 0.3) is 5.19 Å². The largest absolute Gasteiger partial charge is 0.431 e. The summed E-state index contributed by atoms with van der Waals surface area (Å²) in [6.07, 6.45) is 0. The Balaban J connectivity index is 1.92. The zero-order chi connectivity index (χ0) is 11.7. The van der Waals surface area contributed by atoms with Gasteiger partial charge in [-0.3, -0.25) is 0 Å². The number of hydrogen-bond acceptors (Lipinski definition) is 3. The molecule has 0 bridgehead atoms. The van der Waals surface area contributed by atoms with Crippen LogP contribution in [0.3, 0.4) is 0 Å². The first-order valence-electron chi connectivity index (χ1n) is 5.41. The molecule has 0 saturated carbocycles. The molecule has 0 fully saturated rings. The molecule has 0 radical (unpaired) electrons. The van der Waals surface area contributed by atoms with Gasteiger partial charge in [-0.05, 0) is 31.2 Å². The van der Waals surface area contributed by atoms with Gasteiger partial charge in [-0.15, -0.1) is 0 Å². The summed E-state index contributed by atoms with van der Waals surface area (Å²) >= 11 is 1.56. The second-order valence-corrected chi connectivity index (χ2v) is 4.86. The van der Waals surface area contributed by atoms with E-state index in [0.717, 1.165) is 16.0 Å². The Kier molecular flexibility index (Phi) is 2.53. The van der Waals surface area contributed by atoms with Crippen LogP contribution < -0.4 is 4.74 Å². The highest BCUT2D eigenvalue weighted by atomic mass is 32.1. The minimum Gasteiger partial charge on any atom is -0.431 e. The van der Waals surface area contributed by atoms with Crippen LogP contribution in [0.1, 0.15) is 5.56 Å². The van der Waals surface area contributed by atoms with Crippen molar-refractivity contribution in [3.63, 3.8) is 0 Å². The van der Waals surface area contributed by atoms with E-state index in [9.17, 15) is 0 Å². The fourth-order valence-electron chi connectivity index (χ4n) is 1.60. The SMILES string of the molecule is Cc1ccc(Oc2nc3ccccc3s2)cc1. The second-order valence-electron chi connectivity index (χ2n) is 3.86. The molecule has 0 aliphatic heterocycles. The van der Waals surface area contributed by atoms with E-state index >= 15 is 0 Å². The van der Waals surface area contributed by atoms with Crippen LogP contribution in [0.25, 0.3) is 10.2 Å². The van der Waals surface area contributed by atoms with Crippen LogP contribution in [0, 0.1) is 6.92 Å². The number of hydrogen-bond donors (Lipinski definition) is 0. The molecule has 17 heavy (non-hydrogen) atoms. The lowest BCUT2D eigenvalue weighted by molar-refractivity contribution is 0.480. The summed E-state index contributed by atoms with van der Waals surface area (Å²) in [5, 5.41) is 0.690. The molecule has 3 rings (SSSR count). The smallest absolute Gasteiger partial charge is 0.279 e. The number of aryl methyl sites for hydroxylation is 1. The Hall–Kier alpha value is -1.87. The summed E-state index contributed by atoms with van der Waals surface area (Å²) in [6, 6.07) is 16.0. The second kappa shape index (κ2) is 4.18. The number of fused-ring (bicyclic) bond motifs is 1. The molecular formula is C14H11NOS. The van der Waals surface area contributed by atoms with E-state index in [1.165, 1.54) is 5.56 Å². The minimum absolute atomic E-state index is 0.690. The molecule has 2 nitrogen and oxygen atoms in total. The first-order valence-corrected chi connectivity index (χ1v) is 6.23. The van der Waals surface area contributed by atoms with Crippen molar-refractivity contribution in [2.24, 2.45) is 0 Å². The minimum atomic E-state index is 0.690. The number of aromatic nitrogens is 1. The number of nitrogens with zero attached hydrogens (tertiary/aromatic N) is 1. The Morgan fingerprint density at radius 2 is 1.76 bits per heavy atom. The Labute approximate surface area is 104 Å². The van der Waals surface area contributed by atoms with Crippen LogP contribution in [0.4, 0.5) is 0 Å². The van der Waals surface area contributed by atoms with E-state index in [1.54, 1.807) is 11.3 Å². The van der Waals surface area contributed by atoms with E-state index in [4.69, 9.17) is 4.74 Å². The number of thiazole rings is 1. The van der Waals surface area contributed by atoms with Crippen molar-refractivity contribution in [2.45, 2.75) is 6.92 Å². The molecule has 0 amide bonds. The zero-order valence-corrected chi connectivity index (χ0v) is 10.2. The molecule has 0 spiro atoms. The average Bonchev–Trinajstić information content (AvgIpc) is 2.74. The third-order valence-corrected chi connectivity index (χ3v) is 3.41. The van der Waals surface area contributed by atoms with Gasteiger partial charge in [-0.1, -0.05) is 41.2 Å². The number of rotatable bonds is 2. The maximum atomic E-state index is 5.73. The van der Waals surface area contributed by atoms with E-state index in [2.05, 4.69) is 18.0 Å². The van der Waals surface area contributed by atoms with Gasteiger partial charge in [-0.2, -0.15) is 0 Å². The molecule has 3 heteroatoms. The lowest BCUT2D eigenvalue weighted by Crippen LogP contribution is -1.82. The summed E-state index contributed by atoms with van der Waals surface area (Å²) in [5.74, 6) is 0.828. The quantitative estimate of drug-likeness (QED) is 0.663. The van der Waals surface area contributed by atoms with Crippen molar-refractivity contribution >= 4 is 21.6 Å². The monoisotopic (exact) mass is 241 g/mol. The molecule has 2 aromatic carbocycles. The van der Waals surface area contributed by atoms with Crippen LogP contribution in [-0.2, 0) is 0 Å². The van der Waals surface area contributed by atoms with Crippen LogP contribution in [0.2, 0.25) is 0 Å². The lowest BCUT2D eigenvalue weighted by Gasteiger charge is -2.00. The Morgan fingerprint density at radius 1 is 1.00 bits per heavy atom. The van der Waals surface area contributed by atoms with E-state index in [0.29, 0.717) is 5.19 Å². The zero-order valence-electron chi connectivity index (χ0n) is 9.38. The maximum Gasteiger partial charge on any atom is 0.279 e. The molecule has 3 aromatic rings. The van der Waals surface area contributed by atoms with Crippen molar-refractivity contribution in [3.05, 3.63) is 54.1 Å². The molecule has 0 aliphatic rings. The normalized spacial score (nSPS) is 10.6. The first kappa shape index (κ1) is 10.3. The van der Waals surface area contributed by atoms with Gasteiger partial charge in [0.05, 0.1) is 10.2 Å². The van der Waals surface area contributed by atoms with Crippen LogP contribution in [0.5, 0.6) is 10.9 Å². The third-order valence-electron chi connectivity index (χ3n) is 2.50. The van der Waals surface area contributed by atoms with Gasteiger partial charge in [0, 0.05) is 0 Å². The standard InChI is InChI=1S/C14H11NOS/c1-10-6-8-11(9-7-10)16-14-15-12-4-2-3-5-13(12)17-14/h2-9H,1H3. The van der Waals surface area contributed by atoms with Gasteiger partial charge in [0.2, 0.25) is 0 Å². The molecule has 0 atom stereocenters. The molecule has 1 heterocycles. The summed E-state index contributed by atoms with van der Waals surface area (Å²) in [5.41, 5.74) is 2.21. The van der Waals surface area contributed by atoms with Crippen molar-refractivity contribution in [1.82, 2.24) is 4.98 Å². The van der Waals surface area contributed by atoms with Gasteiger partial charge < -0.3 is 4.74 Å². The fraction of sp³-hybridized carbons (Fsp3) is 0.0714. The Morgan fingerprint density at radius 3 is 2.53 bits per heavy atom. The van der Waals surface area contributed by atoms with E-state index in [1.807, 2.05) is 42.5 Å². The first-order chi connectivity index (χ1) is 8.31. The van der Waals surface area contributed by atoms with E-state index in [-0.39, 0.29) is 0 Å². The van der Waals surface area contributed by atoms with Crippen molar-refractivity contribution in [2.75, 3.05) is 0 Å². The van der Waals surface area contributed by atoms with Crippen LogP contribution >= 0.6 is 11.3 Å². The highest BCUT2D eigenvalue weighted by Gasteiger charge is 2.04. The van der Waals surface area contributed by atoms with Gasteiger partial charge >= 0.3 is 0 Å². The maximum absolute atomic E-state index is 5.73. The molecule has 84 valence electrons. The van der Waals surface area contributed by atoms with E-state index < -0.39 is 0 Å². The fourth-order valence-corrected chi connectivity index (χ4v) is 2.44. The summed E-state index contributed by atoms with van der Waals surface area (Å²) in [6.45, 7) is 2.06. The average molecular weight is 241 g/mol. The number of benzene rings is 2. The topological polar surface area (TPSA) is 22.1 Å². The summed E-state index contributed by atoms with van der Waals surface area (Å²) < 4.78 is 6.87. The molecule has 1 aromatic heterocycles. The predicted molar refractivity (Wildman–Crippen MR) is 70.9 cm³/mol. The summed E-state index contributed by atoms with van der Waals surface area (Å²) in [7, 11) is 0. The lowest BCUT2D eigenvalue weighted by atomic mass is 10.2. The van der Waals surface area contributed by atoms with Crippen molar-refractivity contribution < 1.29 is 4.74 Å². The van der Waals surface area contributed by atoms with Gasteiger partial charge in [-0.25, -0.2) is 4.98 Å². The van der Waals surface area contributed by atoms with Gasteiger partial charge in [0.15, 0.2) is 0 Å². The van der Waals surface area contributed by atoms with Crippen LogP contribution in [0.15, 0.2) is 48.5 Å². The van der Waals surface area contributed by atoms with Crippen molar-refractivity contribution in [1.29, 1.82) is 0 Å². The molecule has 0 unspecified atom stereocenters. The Bertz CT molecular complexity index is 610. The predicted octanol–water partition coefficient (Wildman–Crippen LogP) is 4.40. The molecule has 0 saturated heterocycles. The van der Waals surface area contributed by atoms with Crippen LogP contribution in [-0.4, -0.2) is 4.98 Å². The molecule has 0 aliphatic carbocycles. The number of ether oxygens (including phenoxy) is 1. The summed E-state index contributed by atoms with van der Waals surface area (Å²) in [4.78, 5) is 4.43. The number of para-hydroxylation sites is 1. The highest BCUT2D eigenvalue weighted by molar-refractivity contribution is 7.20.